The summed E-state index contributed by atoms with van der Waals surface area (Å²) in [7, 11) is 0. The van der Waals surface area contributed by atoms with Crippen molar-refractivity contribution in [1.29, 1.82) is 0 Å². The summed E-state index contributed by atoms with van der Waals surface area (Å²) < 4.78 is 5.75. The van der Waals surface area contributed by atoms with Crippen molar-refractivity contribution < 1.29 is 9.53 Å². The second-order valence-corrected chi connectivity index (χ2v) is 7.47. The van der Waals surface area contributed by atoms with Gasteiger partial charge < -0.3 is 15.4 Å². The molecule has 4 rings (SSSR count). The van der Waals surface area contributed by atoms with E-state index in [9.17, 15) is 4.79 Å². The molecule has 0 unspecified atom stereocenters. The number of carbonyl (C=O) groups is 1. The van der Waals surface area contributed by atoms with Crippen LogP contribution in [0.25, 0.3) is 0 Å². The van der Waals surface area contributed by atoms with Crippen molar-refractivity contribution in [2.45, 2.75) is 37.4 Å². The molecule has 4 nitrogen and oxygen atoms in total. The van der Waals surface area contributed by atoms with Crippen LogP contribution >= 0.6 is 22.9 Å². The van der Waals surface area contributed by atoms with Gasteiger partial charge in [0.25, 0.3) is 5.91 Å². The van der Waals surface area contributed by atoms with Crippen LogP contribution in [0.3, 0.4) is 0 Å². The van der Waals surface area contributed by atoms with Gasteiger partial charge in [0.15, 0.2) is 5.06 Å². The molecule has 2 bridgehead atoms. The smallest absolute Gasteiger partial charge is 0.261 e. The zero-order valence-electron chi connectivity index (χ0n) is 12.4. The highest BCUT2D eigenvalue weighted by molar-refractivity contribution is 7.15. The fraction of sp³-hybridized carbons (Fsp3) is 0.353. The first-order chi connectivity index (χ1) is 11.2. The van der Waals surface area contributed by atoms with E-state index in [1.165, 1.54) is 17.8 Å². The molecule has 2 N–H and O–H groups in total. The molecular formula is C17H17ClN2O2S. The van der Waals surface area contributed by atoms with E-state index in [1.54, 1.807) is 12.1 Å². The molecule has 3 heterocycles. The van der Waals surface area contributed by atoms with E-state index in [0.29, 0.717) is 32.8 Å². The molecule has 2 fully saturated rings. The molecule has 0 spiro atoms. The Labute approximate surface area is 143 Å². The van der Waals surface area contributed by atoms with Crippen molar-refractivity contribution in [2.75, 3.05) is 0 Å². The molecular weight excluding hydrogens is 332 g/mol. The maximum Gasteiger partial charge on any atom is 0.261 e. The summed E-state index contributed by atoms with van der Waals surface area (Å²) in [6.07, 6.45) is 3.41. The normalized spacial score (nSPS) is 25.5. The first-order valence-electron chi connectivity index (χ1n) is 7.78. The van der Waals surface area contributed by atoms with Crippen LogP contribution in [0.15, 0.2) is 36.4 Å². The lowest BCUT2D eigenvalue weighted by Crippen LogP contribution is -2.42. The highest BCUT2D eigenvalue weighted by atomic mass is 35.5. The highest BCUT2D eigenvalue weighted by Crippen LogP contribution is 2.34. The number of carbonyl (C=O) groups excluding carboxylic acids is 1. The van der Waals surface area contributed by atoms with Crippen LogP contribution in [-0.2, 0) is 0 Å². The van der Waals surface area contributed by atoms with Crippen molar-refractivity contribution >= 4 is 28.8 Å². The monoisotopic (exact) mass is 348 g/mol. The average Bonchev–Trinajstić information content (AvgIpc) is 3.26. The molecule has 0 radical (unpaired) electrons. The van der Waals surface area contributed by atoms with Gasteiger partial charge in [-0.15, -0.1) is 0 Å². The number of ether oxygens (including phenoxy) is 1. The van der Waals surface area contributed by atoms with E-state index in [1.807, 2.05) is 24.3 Å². The van der Waals surface area contributed by atoms with Gasteiger partial charge in [-0.25, -0.2) is 0 Å². The Morgan fingerprint density at radius 3 is 2.87 bits per heavy atom. The van der Waals surface area contributed by atoms with E-state index >= 15 is 0 Å². The number of benzene rings is 1. The van der Waals surface area contributed by atoms with E-state index in [2.05, 4.69) is 10.6 Å². The minimum atomic E-state index is -0.0247. The largest absolute Gasteiger partial charge is 0.445 e. The number of thiophene rings is 1. The Bertz CT molecular complexity index is 733. The first-order valence-corrected chi connectivity index (χ1v) is 8.97. The topological polar surface area (TPSA) is 50.4 Å². The lowest BCUT2D eigenvalue weighted by molar-refractivity contribution is 0.0935. The number of hydrogen-bond donors (Lipinski definition) is 2. The first kappa shape index (κ1) is 15.0. The van der Waals surface area contributed by atoms with Gasteiger partial charge in [-0.1, -0.05) is 35.1 Å². The summed E-state index contributed by atoms with van der Waals surface area (Å²) >= 11 is 7.42. The Balaban J connectivity index is 1.41. The van der Waals surface area contributed by atoms with Crippen LogP contribution in [0.2, 0.25) is 5.02 Å². The molecule has 0 saturated carbocycles. The standard InChI is InChI=1S/C17H17ClN2O2S/c18-11-3-1-2-4-14(11)22-16-8-7-15(23-16)17(21)20-13-9-10-5-6-12(13)19-10/h1-4,7-8,10,12-13,19H,5-6,9H2,(H,20,21)/t10-,12+,13-/m1/s1. The van der Waals surface area contributed by atoms with E-state index < -0.39 is 0 Å². The maximum atomic E-state index is 12.4. The molecule has 23 heavy (non-hydrogen) atoms. The lowest BCUT2D eigenvalue weighted by Gasteiger charge is -2.20. The van der Waals surface area contributed by atoms with Gasteiger partial charge >= 0.3 is 0 Å². The van der Waals surface area contributed by atoms with E-state index in [-0.39, 0.29) is 11.9 Å². The van der Waals surface area contributed by atoms with Crippen LogP contribution in [-0.4, -0.2) is 24.0 Å². The minimum Gasteiger partial charge on any atom is -0.445 e. The fourth-order valence-corrected chi connectivity index (χ4v) is 4.30. The molecule has 1 aromatic heterocycles. The minimum absolute atomic E-state index is 0.0247. The summed E-state index contributed by atoms with van der Waals surface area (Å²) in [6.45, 7) is 0. The van der Waals surface area contributed by atoms with Crippen LogP contribution in [0.4, 0.5) is 0 Å². The molecule has 3 atom stereocenters. The molecule has 1 amide bonds. The van der Waals surface area contributed by atoms with Crippen LogP contribution < -0.4 is 15.4 Å². The second kappa shape index (κ2) is 6.15. The van der Waals surface area contributed by atoms with Crippen molar-refractivity contribution in [3.8, 4) is 10.8 Å². The number of para-hydroxylation sites is 1. The Morgan fingerprint density at radius 2 is 2.13 bits per heavy atom. The molecule has 2 saturated heterocycles. The van der Waals surface area contributed by atoms with Gasteiger partial charge in [0.1, 0.15) is 5.75 Å². The summed E-state index contributed by atoms with van der Waals surface area (Å²) in [6, 6.07) is 12.2. The van der Waals surface area contributed by atoms with Gasteiger partial charge in [0, 0.05) is 18.1 Å². The predicted molar refractivity (Wildman–Crippen MR) is 91.7 cm³/mol. The molecule has 2 aromatic rings. The molecule has 6 heteroatoms. The number of nitrogens with one attached hydrogen (secondary N) is 2. The molecule has 2 aliphatic rings. The molecule has 0 aliphatic carbocycles. The predicted octanol–water partition coefficient (Wildman–Crippen LogP) is 3.82. The molecule has 120 valence electrons. The van der Waals surface area contributed by atoms with Crippen molar-refractivity contribution in [2.24, 2.45) is 0 Å². The maximum absolute atomic E-state index is 12.4. The summed E-state index contributed by atoms with van der Waals surface area (Å²) in [4.78, 5) is 13.1. The summed E-state index contributed by atoms with van der Waals surface area (Å²) in [5, 5.41) is 7.89. The lowest BCUT2D eigenvalue weighted by atomic mass is 9.95. The molecule has 2 aliphatic heterocycles. The van der Waals surface area contributed by atoms with E-state index in [0.717, 1.165) is 12.8 Å². The van der Waals surface area contributed by atoms with Gasteiger partial charge in [0.2, 0.25) is 0 Å². The zero-order chi connectivity index (χ0) is 15.8. The SMILES string of the molecule is O=C(N[C@@H]1C[C@H]2CC[C@@H]1N2)c1ccc(Oc2ccccc2Cl)s1. The number of rotatable bonds is 4. The Hall–Kier alpha value is -1.56. The number of halogens is 1. The van der Waals surface area contributed by atoms with Gasteiger partial charge in [-0.3, -0.25) is 4.79 Å². The quantitative estimate of drug-likeness (QED) is 0.883. The fourth-order valence-electron chi connectivity index (χ4n) is 3.36. The average molecular weight is 349 g/mol. The Morgan fingerprint density at radius 1 is 1.26 bits per heavy atom. The van der Waals surface area contributed by atoms with Crippen molar-refractivity contribution in [3.63, 3.8) is 0 Å². The third-order valence-electron chi connectivity index (χ3n) is 4.47. The highest BCUT2D eigenvalue weighted by Gasteiger charge is 2.39. The van der Waals surface area contributed by atoms with E-state index in [4.69, 9.17) is 16.3 Å². The summed E-state index contributed by atoms with van der Waals surface area (Å²) in [5.41, 5.74) is 0. The third-order valence-corrected chi connectivity index (χ3v) is 5.74. The van der Waals surface area contributed by atoms with Gasteiger partial charge in [0.05, 0.1) is 9.90 Å². The number of fused-ring (bicyclic) bond motifs is 2. The second-order valence-electron chi connectivity index (χ2n) is 6.01. The third kappa shape index (κ3) is 3.09. The van der Waals surface area contributed by atoms with Crippen LogP contribution in [0.5, 0.6) is 10.8 Å². The van der Waals surface area contributed by atoms with Gasteiger partial charge in [-0.2, -0.15) is 0 Å². The summed E-state index contributed by atoms with van der Waals surface area (Å²) in [5.74, 6) is 0.573. The van der Waals surface area contributed by atoms with Crippen LogP contribution in [0, 0.1) is 0 Å². The molecule has 1 aromatic carbocycles. The number of amides is 1. The van der Waals surface area contributed by atoms with Crippen LogP contribution in [0.1, 0.15) is 28.9 Å². The van der Waals surface area contributed by atoms with Crippen molar-refractivity contribution in [3.05, 3.63) is 46.3 Å². The van der Waals surface area contributed by atoms with Gasteiger partial charge in [-0.05, 0) is 43.5 Å². The zero-order valence-corrected chi connectivity index (χ0v) is 14.0. The number of hydrogen-bond acceptors (Lipinski definition) is 4. The van der Waals surface area contributed by atoms with Crippen molar-refractivity contribution in [1.82, 2.24) is 10.6 Å². The Kier molecular flexibility index (Phi) is 4.01.